The SMILES string of the molecule is CC1CC(NC(=O)CC2(N)CCCC2)CCO1. The monoisotopic (exact) mass is 240 g/mol. The van der Waals surface area contributed by atoms with E-state index in [4.69, 9.17) is 10.5 Å². The van der Waals surface area contributed by atoms with Gasteiger partial charge in [-0.25, -0.2) is 0 Å². The number of ether oxygens (including phenoxy) is 1. The number of amides is 1. The largest absolute Gasteiger partial charge is 0.378 e. The molecule has 3 N–H and O–H groups in total. The molecule has 0 radical (unpaired) electrons. The smallest absolute Gasteiger partial charge is 0.222 e. The first-order valence-corrected chi connectivity index (χ1v) is 6.77. The molecule has 4 nitrogen and oxygen atoms in total. The Balaban J connectivity index is 1.76. The Morgan fingerprint density at radius 2 is 2.18 bits per heavy atom. The molecule has 1 amide bonds. The maximum Gasteiger partial charge on any atom is 0.222 e. The topological polar surface area (TPSA) is 64.4 Å². The summed E-state index contributed by atoms with van der Waals surface area (Å²) in [5.41, 5.74) is 5.97. The third-order valence-corrected chi connectivity index (χ3v) is 3.96. The van der Waals surface area contributed by atoms with E-state index < -0.39 is 0 Å². The van der Waals surface area contributed by atoms with Crippen LogP contribution in [0.25, 0.3) is 0 Å². The average Bonchev–Trinajstić information content (AvgIpc) is 2.64. The Morgan fingerprint density at radius 3 is 2.82 bits per heavy atom. The second kappa shape index (κ2) is 5.36. The number of hydrogen-bond donors (Lipinski definition) is 2. The van der Waals surface area contributed by atoms with Gasteiger partial charge in [-0.15, -0.1) is 0 Å². The molecular formula is C13H24N2O2. The first-order chi connectivity index (χ1) is 8.07. The van der Waals surface area contributed by atoms with Gasteiger partial charge in [0.2, 0.25) is 5.91 Å². The Kier molecular flexibility index (Phi) is 4.05. The molecule has 4 heteroatoms. The second-order valence-corrected chi connectivity index (χ2v) is 5.72. The maximum atomic E-state index is 11.9. The number of carbonyl (C=O) groups excluding carboxylic acids is 1. The molecule has 0 aromatic rings. The van der Waals surface area contributed by atoms with Gasteiger partial charge in [-0.1, -0.05) is 12.8 Å². The van der Waals surface area contributed by atoms with Crippen molar-refractivity contribution >= 4 is 5.91 Å². The van der Waals surface area contributed by atoms with Crippen molar-refractivity contribution in [3.05, 3.63) is 0 Å². The molecule has 0 spiro atoms. The van der Waals surface area contributed by atoms with Crippen molar-refractivity contribution in [2.75, 3.05) is 6.61 Å². The fraction of sp³-hybridized carbons (Fsp3) is 0.923. The molecule has 2 aliphatic rings. The first kappa shape index (κ1) is 12.8. The molecule has 2 atom stereocenters. The molecule has 0 aromatic carbocycles. The second-order valence-electron chi connectivity index (χ2n) is 5.72. The fourth-order valence-electron chi connectivity index (χ4n) is 2.98. The van der Waals surface area contributed by atoms with Gasteiger partial charge in [-0.05, 0) is 32.6 Å². The van der Waals surface area contributed by atoms with E-state index in [2.05, 4.69) is 12.2 Å². The van der Waals surface area contributed by atoms with Gasteiger partial charge in [0.15, 0.2) is 0 Å². The number of nitrogens with two attached hydrogens (primary N) is 1. The lowest BCUT2D eigenvalue weighted by Gasteiger charge is -2.29. The van der Waals surface area contributed by atoms with Gasteiger partial charge >= 0.3 is 0 Å². The van der Waals surface area contributed by atoms with Gasteiger partial charge in [-0.3, -0.25) is 4.79 Å². The van der Waals surface area contributed by atoms with Gasteiger partial charge in [0.1, 0.15) is 0 Å². The highest BCUT2D eigenvalue weighted by molar-refractivity contribution is 5.77. The van der Waals surface area contributed by atoms with E-state index in [9.17, 15) is 4.79 Å². The summed E-state index contributed by atoms with van der Waals surface area (Å²) in [5, 5.41) is 3.10. The normalized spacial score (nSPS) is 32.4. The Bertz CT molecular complexity index is 275. The minimum Gasteiger partial charge on any atom is -0.378 e. The Hall–Kier alpha value is -0.610. The number of rotatable bonds is 3. The number of hydrogen-bond acceptors (Lipinski definition) is 3. The maximum absolute atomic E-state index is 11.9. The van der Waals surface area contributed by atoms with Crippen molar-refractivity contribution in [1.82, 2.24) is 5.32 Å². The minimum absolute atomic E-state index is 0.119. The highest BCUT2D eigenvalue weighted by Gasteiger charge is 2.32. The van der Waals surface area contributed by atoms with Crippen LogP contribution in [0.4, 0.5) is 0 Å². The predicted octanol–water partition coefficient (Wildman–Crippen LogP) is 1.33. The van der Waals surface area contributed by atoms with E-state index in [1.165, 1.54) is 0 Å². The molecule has 2 rings (SSSR count). The van der Waals surface area contributed by atoms with Gasteiger partial charge < -0.3 is 15.8 Å². The molecule has 1 saturated carbocycles. The average molecular weight is 240 g/mol. The Morgan fingerprint density at radius 1 is 1.47 bits per heavy atom. The molecule has 0 aromatic heterocycles. The number of carbonyl (C=O) groups is 1. The first-order valence-electron chi connectivity index (χ1n) is 6.77. The molecule has 0 bridgehead atoms. The van der Waals surface area contributed by atoms with Gasteiger partial charge in [0.25, 0.3) is 0 Å². The zero-order valence-electron chi connectivity index (χ0n) is 10.7. The van der Waals surface area contributed by atoms with Crippen LogP contribution >= 0.6 is 0 Å². The third-order valence-electron chi connectivity index (χ3n) is 3.96. The molecular weight excluding hydrogens is 216 g/mol. The molecule has 1 saturated heterocycles. The van der Waals surface area contributed by atoms with Crippen LogP contribution in [0.5, 0.6) is 0 Å². The van der Waals surface area contributed by atoms with Crippen molar-refractivity contribution in [3.8, 4) is 0 Å². The lowest BCUT2D eigenvalue weighted by atomic mass is 9.94. The van der Waals surface area contributed by atoms with Crippen molar-refractivity contribution in [2.24, 2.45) is 5.73 Å². The van der Waals surface area contributed by atoms with Crippen LogP contribution in [0.1, 0.15) is 51.9 Å². The standard InChI is InChI=1S/C13H24N2O2/c1-10-8-11(4-7-17-10)15-12(16)9-13(14)5-2-3-6-13/h10-11H,2-9,14H2,1H3,(H,15,16). The van der Waals surface area contributed by atoms with Crippen LogP contribution in [0.15, 0.2) is 0 Å². The summed E-state index contributed by atoms with van der Waals surface area (Å²) in [4.78, 5) is 11.9. The van der Waals surface area contributed by atoms with Crippen LogP contribution in [-0.4, -0.2) is 30.2 Å². The fourth-order valence-corrected chi connectivity index (χ4v) is 2.98. The van der Waals surface area contributed by atoms with Crippen molar-refractivity contribution in [1.29, 1.82) is 0 Å². The van der Waals surface area contributed by atoms with E-state index in [-0.39, 0.29) is 23.6 Å². The summed E-state index contributed by atoms with van der Waals surface area (Å²) < 4.78 is 5.47. The molecule has 1 aliphatic heterocycles. The Labute approximate surface area is 103 Å². The van der Waals surface area contributed by atoms with E-state index in [0.717, 1.165) is 45.1 Å². The molecule has 17 heavy (non-hydrogen) atoms. The summed E-state index contributed by atoms with van der Waals surface area (Å²) in [7, 11) is 0. The zero-order valence-corrected chi connectivity index (χ0v) is 10.7. The summed E-state index contributed by atoms with van der Waals surface area (Å²) in [6, 6.07) is 0.274. The summed E-state index contributed by atoms with van der Waals surface area (Å²) >= 11 is 0. The minimum atomic E-state index is -0.235. The van der Waals surface area contributed by atoms with Gasteiger partial charge in [-0.2, -0.15) is 0 Å². The lowest BCUT2D eigenvalue weighted by Crippen LogP contribution is -2.46. The highest BCUT2D eigenvalue weighted by atomic mass is 16.5. The molecule has 2 unspecified atom stereocenters. The summed E-state index contributed by atoms with van der Waals surface area (Å²) in [5.74, 6) is 0.119. The van der Waals surface area contributed by atoms with E-state index in [0.29, 0.717) is 6.42 Å². The van der Waals surface area contributed by atoms with Crippen LogP contribution in [0.2, 0.25) is 0 Å². The third kappa shape index (κ3) is 3.68. The number of nitrogens with one attached hydrogen (secondary N) is 1. The quantitative estimate of drug-likeness (QED) is 0.782. The van der Waals surface area contributed by atoms with Crippen molar-refractivity contribution in [3.63, 3.8) is 0 Å². The van der Waals surface area contributed by atoms with Gasteiger partial charge in [0, 0.05) is 24.6 Å². The van der Waals surface area contributed by atoms with E-state index in [1.54, 1.807) is 0 Å². The molecule has 1 heterocycles. The lowest BCUT2D eigenvalue weighted by molar-refractivity contribution is -0.123. The van der Waals surface area contributed by atoms with Crippen molar-refractivity contribution in [2.45, 2.75) is 69.6 Å². The van der Waals surface area contributed by atoms with Gasteiger partial charge in [0.05, 0.1) is 6.10 Å². The zero-order chi connectivity index (χ0) is 12.3. The predicted molar refractivity (Wildman–Crippen MR) is 66.6 cm³/mol. The van der Waals surface area contributed by atoms with Crippen LogP contribution in [0, 0.1) is 0 Å². The van der Waals surface area contributed by atoms with E-state index >= 15 is 0 Å². The molecule has 1 aliphatic carbocycles. The molecule has 2 fully saturated rings. The summed E-state index contributed by atoms with van der Waals surface area (Å²) in [6.45, 7) is 2.81. The highest BCUT2D eigenvalue weighted by Crippen LogP contribution is 2.30. The summed E-state index contributed by atoms with van der Waals surface area (Å²) in [6.07, 6.45) is 6.90. The van der Waals surface area contributed by atoms with Crippen LogP contribution in [-0.2, 0) is 9.53 Å². The van der Waals surface area contributed by atoms with Crippen molar-refractivity contribution < 1.29 is 9.53 Å². The van der Waals surface area contributed by atoms with E-state index in [1.807, 2.05) is 0 Å². The van der Waals surface area contributed by atoms with Crippen LogP contribution < -0.4 is 11.1 Å². The van der Waals surface area contributed by atoms with Crippen LogP contribution in [0.3, 0.4) is 0 Å². The molecule has 98 valence electrons.